The largest absolute Gasteiger partial charge is 0.476 e. The lowest BCUT2D eigenvalue weighted by Gasteiger charge is -1.93. The van der Waals surface area contributed by atoms with Gasteiger partial charge in [-0.15, -0.1) is 0 Å². The van der Waals surface area contributed by atoms with E-state index in [4.69, 9.17) is 8.42 Å². The van der Waals surface area contributed by atoms with Crippen molar-refractivity contribution in [2.75, 3.05) is 0 Å². The summed E-state index contributed by atoms with van der Waals surface area (Å²) in [6.45, 7) is 4.51. The molecule has 0 aromatic heterocycles. The molecule has 0 N–H and O–H groups in total. The zero-order valence-electron chi connectivity index (χ0n) is 8.22. The molecule has 5 heteroatoms. The maximum absolute atomic E-state index is 9.99. The lowest BCUT2D eigenvalue weighted by Crippen LogP contribution is -1.73. The molecule has 0 saturated carbocycles. The van der Waals surface area contributed by atoms with Gasteiger partial charge in [0.1, 0.15) is 0 Å². The number of unbranched alkanes of at least 4 members (excludes halogenated alkanes) is 5. The molecule has 0 radical (unpaired) electrons. The average molecular weight is 216 g/mol. The Balaban J connectivity index is 0. The first-order chi connectivity index (χ1) is 5.91. The first kappa shape index (κ1) is 15.3. The quantitative estimate of drug-likeness (QED) is 0.520. The van der Waals surface area contributed by atoms with Gasteiger partial charge in [-0.1, -0.05) is 60.1 Å². The van der Waals surface area contributed by atoms with Crippen LogP contribution in [0.4, 0.5) is 7.77 Å². The molecule has 0 aliphatic rings. The Morgan fingerprint density at radius 1 is 0.846 bits per heavy atom. The predicted molar refractivity (Wildman–Crippen MR) is 50.2 cm³/mol. The summed E-state index contributed by atoms with van der Waals surface area (Å²) in [4.78, 5) is 0. The van der Waals surface area contributed by atoms with Gasteiger partial charge in [0.05, 0.1) is 0 Å². The van der Waals surface area contributed by atoms with Gasteiger partial charge in [-0.2, -0.15) is 8.42 Å². The summed E-state index contributed by atoms with van der Waals surface area (Å²) in [5.74, 6) is 0. The van der Waals surface area contributed by atoms with E-state index in [1.165, 1.54) is 38.5 Å². The fourth-order valence-electron chi connectivity index (χ4n) is 0.854. The van der Waals surface area contributed by atoms with Crippen LogP contribution in [-0.2, 0) is 10.6 Å². The van der Waals surface area contributed by atoms with Gasteiger partial charge in [0, 0.05) is 0 Å². The van der Waals surface area contributed by atoms with Crippen molar-refractivity contribution in [3.8, 4) is 0 Å². The highest BCUT2D eigenvalue weighted by Crippen LogP contribution is 2.03. The van der Waals surface area contributed by atoms with E-state index in [0.29, 0.717) is 0 Å². The molecule has 0 atom stereocenters. The van der Waals surface area contributed by atoms with Crippen LogP contribution >= 0.6 is 0 Å². The molecule has 0 bridgehead atoms. The average Bonchev–Trinajstić information content (AvgIpc) is 1.95. The van der Waals surface area contributed by atoms with Crippen LogP contribution in [-0.4, -0.2) is 8.42 Å². The van der Waals surface area contributed by atoms with Crippen molar-refractivity contribution in [3.63, 3.8) is 0 Å². The van der Waals surface area contributed by atoms with E-state index in [1.807, 2.05) is 0 Å². The number of hydrogen-bond donors (Lipinski definition) is 0. The SMILES string of the molecule is CCCCCCCC.O=S(=O)(F)F. The van der Waals surface area contributed by atoms with E-state index in [9.17, 15) is 7.77 Å². The summed E-state index contributed by atoms with van der Waals surface area (Å²) in [5.41, 5.74) is 0. The van der Waals surface area contributed by atoms with Crippen LogP contribution in [0.1, 0.15) is 52.4 Å². The highest BCUT2D eigenvalue weighted by Gasteiger charge is 1.94. The molecule has 0 spiro atoms. The summed E-state index contributed by atoms with van der Waals surface area (Å²) >= 11 is 0. The molecule has 0 amide bonds. The van der Waals surface area contributed by atoms with Gasteiger partial charge in [-0.05, 0) is 0 Å². The van der Waals surface area contributed by atoms with Crippen molar-refractivity contribution in [1.82, 2.24) is 0 Å². The minimum atomic E-state index is -5.67. The van der Waals surface area contributed by atoms with Crippen LogP contribution in [0.25, 0.3) is 0 Å². The predicted octanol–water partition coefficient (Wildman–Crippen LogP) is 3.54. The smallest absolute Gasteiger partial charge is 0.160 e. The minimum absolute atomic E-state index is 1.36. The van der Waals surface area contributed by atoms with Gasteiger partial charge in [-0.3, -0.25) is 0 Å². The van der Waals surface area contributed by atoms with Crippen molar-refractivity contribution >= 4 is 10.6 Å². The van der Waals surface area contributed by atoms with E-state index in [2.05, 4.69) is 13.8 Å². The highest BCUT2D eigenvalue weighted by molar-refractivity contribution is 7.81. The molecule has 0 rings (SSSR count). The van der Waals surface area contributed by atoms with Crippen LogP contribution in [0.5, 0.6) is 0 Å². The number of halogens is 2. The van der Waals surface area contributed by atoms with Gasteiger partial charge in [0.25, 0.3) is 0 Å². The van der Waals surface area contributed by atoms with Crippen molar-refractivity contribution in [3.05, 3.63) is 0 Å². The molecule has 0 saturated heterocycles. The van der Waals surface area contributed by atoms with E-state index < -0.39 is 10.6 Å². The minimum Gasteiger partial charge on any atom is -0.160 e. The zero-order chi connectivity index (χ0) is 10.7. The standard InChI is InChI=1S/C8H18.F2O2S/c1-3-5-7-8-6-4-2;1-5(2,3)4/h3-8H2,1-2H3;. The van der Waals surface area contributed by atoms with Crippen molar-refractivity contribution < 1.29 is 16.2 Å². The normalized spacial score (nSPS) is 10.5. The van der Waals surface area contributed by atoms with Crippen LogP contribution in [0.3, 0.4) is 0 Å². The molecule has 0 aliphatic carbocycles. The van der Waals surface area contributed by atoms with Gasteiger partial charge < -0.3 is 0 Å². The topological polar surface area (TPSA) is 34.1 Å². The fourth-order valence-corrected chi connectivity index (χ4v) is 0.854. The number of rotatable bonds is 5. The highest BCUT2D eigenvalue weighted by atomic mass is 32.3. The Labute approximate surface area is 79.8 Å². The Morgan fingerprint density at radius 2 is 1.08 bits per heavy atom. The summed E-state index contributed by atoms with van der Waals surface area (Å²) in [5, 5.41) is 0. The molecule has 0 aliphatic heterocycles. The molecule has 0 aromatic carbocycles. The molecule has 82 valence electrons. The third-order valence-electron chi connectivity index (χ3n) is 1.46. The van der Waals surface area contributed by atoms with Crippen LogP contribution in [0, 0.1) is 0 Å². The van der Waals surface area contributed by atoms with E-state index >= 15 is 0 Å². The molecule has 13 heavy (non-hydrogen) atoms. The molecule has 0 unspecified atom stereocenters. The Bertz CT molecular complexity index is 165. The van der Waals surface area contributed by atoms with Gasteiger partial charge in [0.2, 0.25) is 0 Å². The Kier molecular flexibility index (Phi) is 11.6. The fraction of sp³-hybridized carbons (Fsp3) is 1.00. The first-order valence-electron chi connectivity index (χ1n) is 4.56. The second-order valence-corrected chi connectivity index (χ2v) is 3.55. The number of hydrogen-bond acceptors (Lipinski definition) is 2. The van der Waals surface area contributed by atoms with Crippen molar-refractivity contribution in [1.29, 1.82) is 0 Å². The van der Waals surface area contributed by atoms with Gasteiger partial charge in [-0.25, -0.2) is 0 Å². The van der Waals surface area contributed by atoms with E-state index in [-0.39, 0.29) is 0 Å². The molecule has 2 nitrogen and oxygen atoms in total. The summed E-state index contributed by atoms with van der Waals surface area (Å²) in [6.07, 6.45) is 8.49. The monoisotopic (exact) mass is 216 g/mol. The van der Waals surface area contributed by atoms with Gasteiger partial charge in [0.15, 0.2) is 0 Å². The van der Waals surface area contributed by atoms with Gasteiger partial charge >= 0.3 is 10.6 Å². The maximum Gasteiger partial charge on any atom is 0.476 e. The third-order valence-corrected chi connectivity index (χ3v) is 1.46. The third kappa shape index (κ3) is 49.1. The zero-order valence-corrected chi connectivity index (χ0v) is 9.04. The molecule has 0 heterocycles. The Hall–Kier alpha value is -0.190. The lowest BCUT2D eigenvalue weighted by molar-refractivity contribution is 0.501. The van der Waals surface area contributed by atoms with Crippen LogP contribution in [0.15, 0.2) is 0 Å². The summed E-state index contributed by atoms with van der Waals surface area (Å²) in [6, 6.07) is 0. The second kappa shape index (κ2) is 9.89. The van der Waals surface area contributed by atoms with Crippen molar-refractivity contribution in [2.24, 2.45) is 0 Å². The lowest BCUT2D eigenvalue weighted by atomic mass is 10.1. The second-order valence-electron chi connectivity index (χ2n) is 2.79. The summed E-state index contributed by atoms with van der Waals surface area (Å²) < 4.78 is 36.6. The molecular weight excluding hydrogens is 198 g/mol. The van der Waals surface area contributed by atoms with Crippen LogP contribution in [0.2, 0.25) is 0 Å². The molecule has 0 fully saturated rings. The van der Waals surface area contributed by atoms with Crippen molar-refractivity contribution in [2.45, 2.75) is 52.4 Å². The summed E-state index contributed by atoms with van der Waals surface area (Å²) in [7, 11) is -5.67. The maximum atomic E-state index is 9.99. The molecular formula is C8H18F2O2S. The molecule has 0 aromatic rings. The van der Waals surface area contributed by atoms with E-state index in [1.54, 1.807) is 0 Å². The van der Waals surface area contributed by atoms with E-state index in [0.717, 1.165) is 0 Å². The first-order valence-corrected chi connectivity index (χ1v) is 5.84. The van der Waals surface area contributed by atoms with Crippen LogP contribution < -0.4 is 0 Å². The Morgan fingerprint density at radius 3 is 1.23 bits per heavy atom.